The molecule has 3 aliphatic rings. The molecule has 7 heterocycles. The Kier molecular flexibility index (Phi) is 13.1. The van der Waals surface area contributed by atoms with Crippen LogP contribution in [0.25, 0.3) is 21.8 Å². The van der Waals surface area contributed by atoms with E-state index in [1.807, 2.05) is 48.5 Å². The van der Waals surface area contributed by atoms with Gasteiger partial charge in [0.1, 0.15) is 36.3 Å². The first kappa shape index (κ1) is 46.2. The Balaban J connectivity index is 1.05. The lowest BCUT2D eigenvalue weighted by Gasteiger charge is -2.34. The molecule has 3 aromatic carbocycles. The third-order valence-electron chi connectivity index (χ3n) is 13.7. The predicted molar refractivity (Wildman–Crippen MR) is 259 cm³/mol. The lowest BCUT2D eigenvalue weighted by molar-refractivity contribution is -0.148. The van der Waals surface area contributed by atoms with Crippen molar-refractivity contribution in [3.05, 3.63) is 144 Å². The van der Waals surface area contributed by atoms with Crippen molar-refractivity contribution in [1.82, 2.24) is 66.3 Å². The molecule has 0 aliphatic carbocycles. The van der Waals surface area contributed by atoms with Crippen LogP contribution in [0.4, 0.5) is 0 Å². The molecular formula is C51H53N13O7. The zero-order valence-electron chi connectivity index (χ0n) is 38.5. The number of imidazole rings is 2. The summed E-state index contributed by atoms with van der Waals surface area (Å²) in [6.45, 7) is 0.119. The molecule has 0 radical (unpaired) electrons. The van der Waals surface area contributed by atoms with Gasteiger partial charge in [-0.2, -0.15) is 0 Å². The van der Waals surface area contributed by atoms with Crippen LogP contribution in [0.3, 0.4) is 0 Å². The normalized spacial score (nSPS) is 23.6. The Hall–Kier alpha value is -8.55. The first-order valence-corrected chi connectivity index (χ1v) is 23.8. The highest BCUT2D eigenvalue weighted by atomic mass is 16.2. The van der Waals surface area contributed by atoms with Crippen LogP contribution in [0, 0.1) is 0 Å². The number of amides is 7. The monoisotopic (exact) mass is 959 g/mol. The van der Waals surface area contributed by atoms with Crippen LogP contribution in [0.2, 0.25) is 0 Å². The van der Waals surface area contributed by atoms with Gasteiger partial charge in [-0.15, -0.1) is 0 Å². The molecule has 7 amide bonds. The summed E-state index contributed by atoms with van der Waals surface area (Å²) in [5, 5.41) is 16.3. The highest BCUT2D eigenvalue weighted by Crippen LogP contribution is 2.28. The number of nitrogens with one attached hydrogen (secondary N) is 9. The Labute approximate surface area is 406 Å². The lowest BCUT2D eigenvalue weighted by atomic mass is 10.0. The molecule has 0 unspecified atom stereocenters. The second kappa shape index (κ2) is 20.2. The lowest BCUT2D eigenvalue weighted by Crippen LogP contribution is -2.62. The molecular weight excluding hydrogens is 907 g/mol. The average Bonchev–Trinajstić information content (AvgIpc) is 4.26. The molecule has 10 rings (SSSR count). The number of benzene rings is 3. The minimum absolute atomic E-state index is 0.00221. The standard InChI is InChI=1S/C51H53N13O7/c65-45(29-9-2-1-3-10-29)58-34-21-44-49(69)61-41(20-33-25-53-28-57-33)47(67)59-39(17-30-22-54-37-13-6-4-11-35(30)37)46(66)60-40(19-32-24-52-27-56-32)48(68)62-42(18-31-23-55-38-14-7-5-12-36(31)38)50(70)63-16-8-15-43(63)51(71)64(44)26-34/h1-7,9-14,22-25,27-28,34,39-44,54-55H,8,15-21,26H2,(H,52,56)(H,53,57)(H,58,65)(H,59,67)(H,60,66)(H,61,69)(H,62,68)/t34-,39-,40+,41+,42+,43-,44+/m1/s1. The molecule has 0 spiro atoms. The molecule has 20 heteroatoms. The third kappa shape index (κ3) is 9.99. The molecule has 364 valence electrons. The van der Waals surface area contributed by atoms with Gasteiger partial charge in [0.15, 0.2) is 0 Å². The topological polar surface area (TPSA) is 275 Å². The number of hydrogen-bond acceptors (Lipinski definition) is 9. The van der Waals surface area contributed by atoms with E-state index < -0.39 is 83.6 Å². The van der Waals surface area contributed by atoms with Crippen LogP contribution < -0.4 is 26.6 Å². The summed E-state index contributed by atoms with van der Waals surface area (Å²) in [7, 11) is 0. The van der Waals surface area contributed by atoms with E-state index in [0.717, 1.165) is 27.4 Å². The van der Waals surface area contributed by atoms with E-state index in [4.69, 9.17) is 0 Å². The molecule has 0 bridgehead atoms. The molecule has 0 saturated carbocycles. The molecule has 9 N–H and O–H groups in total. The Morgan fingerprint density at radius 3 is 1.66 bits per heavy atom. The van der Waals surface area contributed by atoms with E-state index in [-0.39, 0.29) is 51.6 Å². The molecule has 3 saturated heterocycles. The van der Waals surface area contributed by atoms with Gasteiger partial charge < -0.3 is 56.3 Å². The van der Waals surface area contributed by atoms with Crippen molar-refractivity contribution in [3.63, 3.8) is 0 Å². The van der Waals surface area contributed by atoms with Gasteiger partial charge in [0.25, 0.3) is 5.91 Å². The number of aromatic amines is 4. The van der Waals surface area contributed by atoms with Crippen molar-refractivity contribution in [1.29, 1.82) is 0 Å². The van der Waals surface area contributed by atoms with E-state index in [1.165, 1.54) is 34.8 Å². The summed E-state index contributed by atoms with van der Waals surface area (Å²) in [5.74, 6) is -4.22. The molecule has 71 heavy (non-hydrogen) atoms. The van der Waals surface area contributed by atoms with E-state index in [2.05, 4.69) is 56.5 Å². The van der Waals surface area contributed by atoms with Crippen molar-refractivity contribution in [2.75, 3.05) is 13.1 Å². The number of H-pyrrole nitrogens is 4. The van der Waals surface area contributed by atoms with Gasteiger partial charge in [-0.3, -0.25) is 33.6 Å². The molecule has 3 aliphatic heterocycles. The Bertz CT molecular complexity index is 3080. The van der Waals surface area contributed by atoms with E-state index in [9.17, 15) is 24.0 Å². The van der Waals surface area contributed by atoms with Crippen molar-refractivity contribution >= 4 is 63.2 Å². The number of para-hydroxylation sites is 2. The maximum atomic E-state index is 15.2. The summed E-state index contributed by atoms with van der Waals surface area (Å²) in [6.07, 6.45) is 10.0. The molecule has 7 atom stereocenters. The van der Waals surface area contributed by atoms with E-state index in [1.54, 1.807) is 42.7 Å². The SMILES string of the molecule is O=C(N[C@@H]1C[C@H]2C(=O)N[C@@H](Cc3cnc[nH]3)C(=O)N[C@H](Cc3c[nH]c4ccccc34)C(=O)N[C@@H](Cc3cnc[nH]3)C(=O)N[C@@H](Cc3c[nH]c4ccccc34)C(=O)N3CCC[C@@H]3C(=O)N2C1)c1ccccc1. The molecule has 3 fully saturated rings. The number of carbonyl (C=O) groups is 7. The summed E-state index contributed by atoms with van der Waals surface area (Å²) < 4.78 is 0. The number of aromatic nitrogens is 6. The fraction of sp³-hybridized carbons (Fsp3) is 0.314. The largest absolute Gasteiger partial charge is 0.361 e. The van der Waals surface area contributed by atoms with Crippen molar-refractivity contribution in [2.45, 2.75) is 87.2 Å². The van der Waals surface area contributed by atoms with Gasteiger partial charge in [-0.1, -0.05) is 54.6 Å². The van der Waals surface area contributed by atoms with Gasteiger partial charge in [0.2, 0.25) is 35.4 Å². The quantitative estimate of drug-likeness (QED) is 0.0965. The number of hydrogen-bond donors (Lipinski definition) is 9. The molecule has 7 aromatic rings. The second-order valence-corrected chi connectivity index (χ2v) is 18.4. The van der Waals surface area contributed by atoms with Crippen LogP contribution in [0.5, 0.6) is 0 Å². The summed E-state index contributed by atoms with van der Waals surface area (Å²) in [5.41, 5.74) is 4.45. The summed E-state index contributed by atoms with van der Waals surface area (Å²) in [6, 6.07) is 15.6. The van der Waals surface area contributed by atoms with Crippen LogP contribution in [-0.2, 0) is 54.5 Å². The fourth-order valence-electron chi connectivity index (χ4n) is 10.2. The van der Waals surface area contributed by atoms with Gasteiger partial charge >= 0.3 is 0 Å². The smallest absolute Gasteiger partial charge is 0.251 e. The van der Waals surface area contributed by atoms with Gasteiger partial charge in [0.05, 0.1) is 12.7 Å². The van der Waals surface area contributed by atoms with Gasteiger partial charge in [0, 0.05) is 108 Å². The summed E-state index contributed by atoms with van der Waals surface area (Å²) in [4.78, 5) is 127. The van der Waals surface area contributed by atoms with E-state index >= 15 is 9.59 Å². The van der Waals surface area contributed by atoms with Crippen molar-refractivity contribution in [2.24, 2.45) is 0 Å². The predicted octanol–water partition coefficient (Wildman–Crippen LogP) is 1.71. The fourth-order valence-corrected chi connectivity index (χ4v) is 10.2. The Morgan fingerprint density at radius 2 is 1.08 bits per heavy atom. The molecule has 4 aromatic heterocycles. The van der Waals surface area contributed by atoms with E-state index in [0.29, 0.717) is 28.9 Å². The van der Waals surface area contributed by atoms with Crippen LogP contribution >= 0.6 is 0 Å². The first-order chi connectivity index (χ1) is 34.6. The zero-order valence-corrected chi connectivity index (χ0v) is 38.5. The maximum absolute atomic E-state index is 15.2. The minimum Gasteiger partial charge on any atom is -0.361 e. The van der Waals surface area contributed by atoms with Gasteiger partial charge in [-0.05, 0) is 54.7 Å². The highest BCUT2D eigenvalue weighted by molar-refractivity contribution is 6.00. The van der Waals surface area contributed by atoms with Crippen LogP contribution in [-0.4, -0.2) is 136 Å². The van der Waals surface area contributed by atoms with Crippen LogP contribution in [0.1, 0.15) is 52.1 Å². The maximum Gasteiger partial charge on any atom is 0.251 e. The number of carbonyl (C=O) groups excluding carboxylic acids is 7. The number of rotatable bonds is 10. The second-order valence-electron chi connectivity index (χ2n) is 18.4. The number of nitrogens with zero attached hydrogens (tertiary/aromatic N) is 4. The summed E-state index contributed by atoms with van der Waals surface area (Å²) >= 11 is 0. The Morgan fingerprint density at radius 1 is 0.563 bits per heavy atom. The van der Waals surface area contributed by atoms with Crippen molar-refractivity contribution in [3.8, 4) is 0 Å². The van der Waals surface area contributed by atoms with Gasteiger partial charge in [-0.25, -0.2) is 9.97 Å². The highest BCUT2D eigenvalue weighted by Gasteiger charge is 2.47. The third-order valence-corrected chi connectivity index (χ3v) is 13.7. The minimum atomic E-state index is -1.31. The number of fused-ring (bicyclic) bond motifs is 4. The van der Waals surface area contributed by atoms with Crippen molar-refractivity contribution < 1.29 is 33.6 Å². The average molecular weight is 960 g/mol. The zero-order chi connectivity index (χ0) is 49.0. The van der Waals surface area contributed by atoms with Crippen LogP contribution in [0.15, 0.2) is 116 Å². The first-order valence-electron chi connectivity index (χ1n) is 23.8. The molecule has 20 nitrogen and oxygen atoms in total.